The number of ether oxygens (including phenoxy) is 2. The Labute approximate surface area is 392 Å². The van der Waals surface area contributed by atoms with E-state index in [0.29, 0.717) is 0 Å². The molecule has 0 aromatic heterocycles. The summed E-state index contributed by atoms with van der Waals surface area (Å²) in [5.74, 6) is 3.35. The van der Waals surface area contributed by atoms with Crippen molar-refractivity contribution in [1.82, 2.24) is 0 Å². The van der Waals surface area contributed by atoms with Gasteiger partial charge in [-0.25, -0.2) is 0 Å². The molecule has 0 aliphatic heterocycles. The Balaban J connectivity index is 0.834. The molecule has 0 saturated carbocycles. The molecule has 0 unspecified atom stereocenters. The second kappa shape index (κ2) is 15.8. The van der Waals surface area contributed by atoms with Crippen LogP contribution < -0.4 is 9.47 Å². The van der Waals surface area contributed by atoms with Crippen LogP contribution >= 0.6 is 0 Å². The summed E-state index contributed by atoms with van der Waals surface area (Å²) in [6.45, 7) is 4.38. The highest BCUT2D eigenvalue weighted by Crippen LogP contribution is 2.50. The van der Waals surface area contributed by atoms with E-state index < -0.39 is 0 Å². The Morgan fingerprint density at radius 3 is 1.13 bits per heavy atom. The van der Waals surface area contributed by atoms with Gasteiger partial charge in [0.25, 0.3) is 0 Å². The van der Waals surface area contributed by atoms with Crippen LogP contribution in [0.25, 0.3) is 77.9 Å². The molecule has 2 heteroatoms. The number of hydrogen-bond donors (Lipinski definition) is 0. The lowest BCUT2D eigenvalue weighted by Crippen LogP contribution is -1.96. The van der Waals surface area contributed by atoms with Crippen LogP contribution in [-0.4, -0.2) is 0 Å². The predicted octanol–water partition coefficient (Wildman–Crippen LogP) is 17.3. The summed E-state index contributed by atoms with van der Waals surface area (Å²) in [7, 11) is 0. The lowest BCUT2D eigenvalue weighted by atomic mass is 9.88. The second-order valence-electron chi connectivity index (χ2n) is 18.3. The van der Waals surface area contributed by atoms with E-state index in [1.54, 1.807) is 0 Å². The maximum Gasteiger partial charge on any atom is 0.135 e. The standard InChI is InChI=1S/C65H46O2/c1-40-13-9-25-61(63(40)56-23-11-21-53-49-18-6-3-15-44(49)37-58(53)56)66-47-31-27-42(28-32-47)52-35-36-55-51-20-8-5-17-46(51)39-60(55)65(52)43-29-33-48(34-30-43)67-62-26-10-14-41(2)64(62)57-24-12-22-54-50-19-7-4-16-45(50)38-59(54)57/h3-36H,37-39H2,1-2H3. The SMILES string of the molecule is Cc1cccc(Oc2ccc(-c3ccc4c(c3-c3ccc(Oc5cccc(C)c5-c5cccc6c5Cc5ccccc5-6)cc3)Cc3ccccc3-4)cc2)c1-c1cccc2c1Cc1ccccc1-2. The molecule has 0 amide bonds. The smallest absolute Gasteiger partial charge is 0.135 e. The van der Waals surface area contributed by atoms with Crippen molar-refractivity contribution >= 4 is 0 Å². The van der Waals surface area contributed by atoms with Crippen molar-refractivity contribution < 1.29 is 9.47 Å². The zero-order chi connectivity index (χ0) is 44.6. The highest BCUT2D eigenvalue weighted by Gasteiger charge is 2.27. The minimum atomic E-state index is 0.809. The molecular formula is C65H46O2. The molecule has 2 nitrogen and oxygen atoms in total. The highest BCUT2D eigenvalue weighted by molar-refractivity contribution is 5.94. The van der Waals surface area contributed by atoms with E-state index in [4.69, 9.17) is 9.47 Å². The maximum absolute atomic E-state index is 6.86. The van der Waals surface area contributed by atoms with Gasteiger partial charge in [-0.1, -0.05) is 170 Å². The average Bonchev–Trinajstić information content (AvgIpc) is 4.07. The van der Waals surface area contributed by atoms with E-state index in [-0.39, 0.29) is 0 Å². The van der Waals surface area contributed by atoms with Gasteiger partial charge in [-0.15, -0.1) is 0 Å². The van der Waals surface area contributed by atoms with Crippen molar-refractivity contribution in [2.24, 2.45) is 0 Å². The molecule has 0 fully saturated rings. The second-order valence-corrected chi connectivity index (χ2v) is 18.3. The quantitative estimate of drug-likeness (QED) is 0.152. The van der Waals surface area contributed by atoms with Crippen LogP contribution in [0.1, 0.15) is 44.5 Å². The van der Waals surface area contributed by atoms with E-state index in [0.717, 1.165) is 64.5 Å². The predicted molar refractivity (Wildman–Crippen MR) is 275 cm³/mol. The summed E-state index contributed by atoms with van der Waals surface area (Å²) in [6, 6.07) is 74.6. The molecule has 0 N–H and O–H groups in total. The van der Waals surface area contributed by atoms with Gasteiger partial charge < -0.3 is 9.47 Å². The lowest BCUT2D eigenvalue weighted by Gasteiger charge is -2.19. The first kappa shape index (κ1) is 39.2. The Morgan fingerprint density at radius 2 is 0.642 bits per heavy atom. The molecule has 0 spiro atoms. The molecule has 0 radical (unpaired) electrons. The normalized spacial score (nSPS) is 12.4. The van der Waals surface area contributed by atoms with Crippen LogP contribution in [0, 0.1) is 13.8 Å². The van der Waals surface area contributed by atoms with Gasteiger partial charge in [0.05, 0.1) is 0 Å². The van der Waals surface area contributed by atoms with Crippen LogP contribution in [0.4, 0.5) is 0 Å². The largest absolute Gasteiger partial charge is 0.457 e. The van der Waals surface area contributed by atoms with Gasteiger partial charge in [0.2, 0.25) is 0 Å². The third-order valence-electron chi connectivity index (χ3n) is 14.5. The monoisotopic (exact) mass is 858 g/mol. The van der Waals surface area contributed by atoms with Crippen molar-refractivity contribution in [3.63, 3.8) is 0 Å². The van der Waals surface area contributed by atoms with Crippen molar-refractivity contribution in [1.29, 1.82) is 0 Å². The molecule has 13 rings (SSSR count). The van der Waals surface area contributed by atoms with E-state index in [1.165, 1.54) is 100 Å². The summed E-state index contributed by atoms with van der Waals surface area (Å²) in [5.41, 5.74) is 28.1. The fraction of sp³-hybridized carbons (Fsp3) is 0.0769. The molecular weight excluding hydrogens is 813 g/mol. The van der Waals surface area contributed by atoms with Crippen molar-refractivity contribution in [3.05, 3.63) is 251 Å². The fourth-order valence-corrected chi connectivity index (χ4v) is 11.4. The fourth-order valence-electron chi connectivity index (χ4n) is 11.4. The zero-order valence-corrected chi connectivity index (χ0v) is 37.6. The van der Waals surface area contributed by atoms with Gasteiger partial charge in [0.15, 0.2) is 0 Å². The van der Waals surface area contributed by atoms with Gasteiger partial charge in [-0.2, -0.15) is 0 Å². The van der Waals surface area contributed by atoms with E-state index >= 15 is 0 Å². The number of fused-ring (bicyclic) bond motifs is 9. The van der Waals surface area contributed by atoms with Crippen molar-refractivity contribution in [2.45, 2.75) is 33.1 Å². The Bertz CT molecular complexity index is 3610. The molecule has 67 heavy (non-hydrogen) atoms. The molecule has 0 heterocycles. The van der Waals surface area contributed by atoms with Crippen molar-refractivity contribution in [2.75, 3.05) is 0 Å². The topological polar surface area (TPSA) is 18.5 Å². The summed E-state index contributed by atoms with van der Waals surface area (Å²) in [4.78, 5) is 0. The number of rotatable bonds is 8. The number of aryl methyl sites for hydroxylation is 2. The molecule has 0 atom stereocenters. The summed E-state index contributed by atoms with van der Waals surface area (Å²) < 4.78 is 13.7. The highest BCUT2D eigenvalue weighted by atomic mass is 16.5. The third-order valence-corrected chi connectivity index (χ3v) is 14.5. The molecule has 10 aromatic carbocycles. The van der Waals surface area contributed by atoms with Gasteiger partial charge in [0, 0.05) is 11.1 Å². The maximum atomic E-state index is 6.86. The zero-order valence-electron chi connectivity index (χ0n) is 37.6. The third kappa shape index (κ3) is 6.55. The molecule has 10 aromatic rings. The minimum Gasteiger partial charge on any atom is -0.457 e. The van der Waals surface area contributed by atoms with Crippen LogP contribution in [0.3, 0.4) is 0 Å². The van der Waals surface area contributed by atoms with Gasteiger partial charge in [-0.3, -0.25) is 0 Å². The van der Waals surface area contributed by atoms with E-state index in [2.05, 4.69) is 220 Å². The molecule has 318 valence electrons. The first-order valence-corrected chi connectivity index (χ1v) is 23.4. The Hall–Kier alpha value is -8.20. The minimum absolute atomic E-state index is 0.809. The molecule has 3 aliphatic carbocycles. The first-order valence-electron chi connectivity index (χ1n) is 23.4. The number of hydrogen-bond acceptors (Lipinski definition) is 2. The van der Waals surface area contributed by atoms with Crippen LogP contribution in [0.2, 0.25) is 0 Å². The average molecular weight is 859 g/mol. The summed E-state index contributed by atoms with van der Waals surface area (Å²) in [5, 5.41) is 0. The Morgan fingerprint density at radius 1 is 0.269 bits per heavy atom. The van der Waals surface area contributed by atoms with E-state index in [1.807, 2.05) is 0 Å². The number of benzene rings is 10. The summed E-state index contributed by atoms with van der Waals surface area (Å²) >= 11 is 0. The molecule has 0 bridgehead atoms. The van der Waals surface area contributed by atoms with E-state index in [9.17, 15) is 0 Å². The van der Waals surface area contributed by atoms with Gasteiger partial charge in [0.1, 0.15) is 23.0 Å². The lowest BCUT2D eigenvalue weighted by molar-refractivity contribution is 0.484. The van der Waals surface area contributed by atoms with Crippen LogP contribution in [0.5, 0.6) is 23.0 Å². The van der Waals surface area contributed by atoms with Gasteiger partial charge >= 0.3 is 0 Å². The van der Waals surface area contributed by atoms with Crippen LogP contribution in [0.15, 0.2) is 206 Å². The molecule has 0 saturated heterocycles. The summed E-state index contributed by atoms with van der Waals surface area (Å²) in [6.07, 6.45) is 2.73. The van der Waals surface area contributed by atoms with Crippen LogP contribution in [-0.2, 0) is 19.3 Å². The first-order chi connectivity index (χ1) is 33.0. The Kier molecular flexibility index (Phi) is 9.21. The van der Waals surface area contributed by atoms with Crippen molar-refractivity contribution in [3.8, 4) is 101 Å². The van der Waals surface area contributed by atoms with Gasteiger partial charge in [-0.05, 0) is 181 Å². The molecule has 3 aliphatic rings.